The predicted molar refractivity (Wildman–Crippen MR) is 58.4 cm³/mol. The molecule has 0 saturated carbocycles. The van der Waals surface area contributed by atoms with Crippen LogP contribution in [0.1, 0.15) is 18.4 Å². The largest absolute Gasteiger partial charge is 0.501 e. The van der Waals surface area contributed by atoms with Crippen LogP contribution in [0.15, 0.2) is 36.1 Å². The molecule has 1 aliphatic heterocycles. The number of allylic oxidation sites excluding steroid dienone is 1. The van der Waals surface area contributed by atoms with Crippen molar-refractivity contribution in [3.05, 3.63) is 47.5 Å². The molecule has 0 atom stereocenters. The lowest BCUT2D eigenvalue weighted by Crippen LogP contribution is -2.11. The summed E-state index contributed by atoms with van der Waals surface area (Å²) in [4.78, 5) is 11.8. The van der Waals surface area contributed by atoms with Crippen molar-refractivity contribution in [2.24, 2.45) is 0 Å². The van der Waals surface area contributed by atoms with Crippen molar-refractivity contribution in [3.8, 4) is 0 Å². The third-order valence-electron chi connectivity index (χ3n) is 2.55. The molecule has 0 spiro atoms. The van der Waals surface area contributed by atoms with Gasteiger partial charge in [0.2, 0.25) is 0 Å². The van der Waals surface area contributed by atoms with E-state index in [1.807, 2.05) is 0 Å². The average Bonchev–Trinajstić information content (AvgIpc) is 2.30. The Labute approximate surface area is 93.7 Å². The van der Waals surface area contributed by atoms with E-state index in [4.69, 9.17) is 4.74 Å². The van der Waals surface area contributed by atoms with Gasteiger partial charge >= 0.3 is 0 Å². The van der Waals surface area contributed by atoms with Gasteiger partial charge in [-0.1, -0.05) is 12.1 Å². The van der Waals surface area contributed by atoms with Crippen LogP contribution >= 0.6 is 0 Å². The van der Waals surface area contributed by atoms with Gasteiger partial charge in [0.05, 0.1) is 12.9 Å². The van der Waals surface area contributed by atoms with Crippen LogP contribution in [0.4, 0.5) is 4.39 Å². The SMILES string of the molecule is O=C(Cc1cccc(F)c1)C1=COCCC1. The predicted octanol–water partition coefficient (Wildman–Crippen LogP) is 2.63. The van der Waals surface area contributed by atoms with E-state index < -0.39 is 0 Å². The Morgan fingerprint density at radius 2 is 2.31 bits per heavy atom. The molecule has 0 unspecified atom stereocenters. The van der Waals surface area contributed by atoms with Crippen molar-refractivity contribution in [1.29, 1.82) is 0 Å². The first-order valence-corrected chi connectivity index (χ1v) is 5.34. The van der Waals surface area contributed by atoms with Crippen molar-refractivity contribution in [2.45, 2.75) is 19.3 Å². The van der Waals surface area contributed by atoms with Crippen LogP contribution in [0, 0.1) is 5.82 Å². The Hall–Kier alpha value is -1.64. The van der Waals surface area contributed by atoms with E-state index in [0.29, 0.717) is 17.7 Å². The molecule has 0 bridgehead atoms. The fraction of sp³-hybridized carbons (Fsp3) is 0.308. The molecule has 0 aliphatic carbocycles. The van der Waals surface area contributed by atoms with Gasteiger partial charge < -0.3 is 4.74 Å². The first-order valence-electron chi connectivity index (χ1n) is 5.34. The average molecular weight is 220 g/mol. The zero-order valence-electron chi connectivity index (χ0n) is 8.91. The minimum atomic E-state index is -0.306. The number of halogens is 1. The quantitative estimate of drug-likeness (QED) is 0.782. The minimum absolute atomic E-state index is 0.0188. The first kappa shape index (κ1) is 10.9. The lowest BCUT2D eigenvalue weighted by Gasteiger charge is -2.12. The Morgan fingerprint density at radius 3 is 3.00 bits per heavy atom. The smallest absolute Gasteiger partial charge is 0.166 e. The van der Waals surface area contributed by atoms with Gasteiger partial charge in [0.1, 0.15) is 5.82 Å². The van der Waals surface area contributed by atoms with E-state index in [2.05, 4.69) is 0 Å². The number of rotatable bonds is 3. The van der Waals surface area contributed by atoms with Crippen LogP contribution in [0.3, 0.4) is 0 Å². The summed E-state index contributed by atoms with van der Waals surface area (Å²) in [5, 5.41) is 0. The molecule has 1 aliphatic rings. The second kappa shape index (κ2) is 4.92. The topological polar surface area (TPSA) is 26.3 Å². The highest BCUT2D eigenvalue weighted by atomic mass is 19.1. The van der Waals surface area contributed by atoms with Crippen LogP contribution in [0.2, 0.25) is 0 Å². The number of hydrogen-bond donors (Lipinski definition) is 0. The molecule has 1 aromatic rings. The second-order valence-electron chi connectivity index (χ2n) is 3.85. The summed E-state index contributed by atoms with van der Waals surface area (Å²) in [6.07, 6.45) is 3.41. The second-order valence-corrected chi connectivity index (χ2v) is 3.85. The molecule has 0 radical (unpaired) electrons. The molecule has 0 aromatic heterocycles. The molecule has 84 valence electrons. The summed E-state index contributed by atoms with van der Waals surface area (Å²) in [6, 6.07) is 6.13. The highest BCUT2D eigenvalue weighted by molar-refractivity contribution is 5.96. The van der Waals surface area contributed by atoms with Crippen LogP contribution in [-0.4, -0.2) is 12.4 Å². The first-order chi connectivity index (χ1) is 7.75. The lowest BCUT2D eigenvalue weighted by molar-refractivity contribution is -0.115. The van der Waals surface area contributed by atoms with Crippen molar-refractivity contribution >= 4 is 5.78 Å². The van der Waals surface area contributed by atoms with Crippen molar-refractivity contribution < 1.29 is 13.9 Å². The third-order valence-corrected chi connectivity index (χ3v) is 2.55. The number of benzene rings is 1. The van der Waals surface area contributed by atoms with Gasteiger partial charge in [0.25, 0.3) is 0 Å². The Morgan fingerprint density at radius 1 is 1.44 bits per heavy atom. The maximum absolute atomic E-state index is 12.9. The Balaban J connectivity index is 2.04. The highest BCUT2D eigenvalue weighted by Gasteiger charge is 2.13. The summed E-state index contributed by atoms with van der Waals surface area (Å²) in [6.45, 7) is 0.677. The van der Waals surface area contributed by atoms with E-state index >= 15 is 0 Å². The third kappa shape index (κ3) is 2.69. The van der Waals surface area contributed by atoms with Crippen LogP contribution in [0.25, 0.3) is 0 Å². The molecular weight excluding hydrogens is 207 g/mol. The molecule has 2 nitrogen and oxygen atoms in total. The van der Waals surface area contributed by atoms with E-state index in [1.165, 1.54) is 18.4 Å². The van der Waals surface area contributed by atoms with Gasteiger partial charge in [0.15, 0.2) is 5.78 Å². The molecule has 3 heteroatoms. The van der Waals surface area contributed by atoms with Gasteiger partial charge in [-0.15, -0.1) is 0 Å². The molecule has 0 saturated heterocycles. The van der Waals surface area contributed by atoms with Crippen molar-refractivity contribution in [3.63, 3.8) is 0 Å². The van der Waals surface area contributed by atoms with Gasteiger partial charge in [0, 0.05) is 12.0 Å². The summed E-state index contributed by atoms with van der Waals surface area (Å²) in [5.41, 5.74) is 1.41. The zero-order valence-corrected chi connectivity index (χ0v) is 8.91. The molecular formula is C13H13FO2. The summed E-state index contributed by atoms with van der Waals surface area (Å²) < 4.78 is 18.0. The van der Waals surface area contributed by atoms with Crippen LogP contribution in [0.5, 0.6) is 0 Å². The lowest BCUT2D eigenvalue weighted by atomic mass is 10.00. The fourth-order valence-electron chi connectivity index (χ4n) is 1.72. The molecule has 16 heavy (non-hydrogen) atoms. The van der Waals surface area contributed by atoms with Gasteiger partial charge in [-0.05, 0) is 30.5 Å². The minimum Gasteiger partial charge on any atom is -0.501 e. The number of ether oxygens (including phenoxy) is 1. The number of Topliss-reactive ketones (excluding diaryl/α,β-unsaturated/α-hetero) is 1. The zero-order chi connectivity index (χ0) is 11.4. The van der Waals surface area contributed by atoms with Gasteiger partial charge in [-0.3, -0.25) is 4.79 Å². The van der Waals surface area contributed by atoms with E-state index in [-0.39, 0.29) is 18.0 Å². The molecule has 0 N–H and O–H groups in total. The molecule has 2 rings (SSSR count). The number of ketones is 1. The number of carbonyl (C=O) groups is 1. The monoisotopic (exact) mass is 220 g/mol. The Bertz CT molecular complexity index is 424. The Kier molecular flexibility index (Phi) is 3.34. The molecule has 0 amide bonds. The van der Waals surface area contributed by atoms with E-state index in [1.54, 1.807) is 12.1 Å². The summed E-state index contributed by atoms with van der Waals surface area (Å²) >= 11 is 0. The van der Waals surface area contributed by atoms with Crippen LogP contribution in [-0.2, 0) is 16.0 Å². The number of hydrogen-bond acceptors (Lipinski definition) is 2. The molecule has 1 heterocycles. The molecule has 0 fully saturated rings. The van der Waals surface area contributed by atoms with E-state index in [9.17, 15) is 9.18 Å². The fourth-order valence-corrected chi connectivity index (χ4v) is 1.72. The standard InChI is InChI=1S/C13H13FO2/c14-12-5-1-3-10(7-12)8-13(15)11-4-2-6-16-9-11/h1,3,5,7,9H,2,4,6,8H2. The maximum Gasteiger partial charge on any atom is 0.166 e. The van der Waals surface area contributed by atoms with Crippen LogP contribution < -0.4 is 0 Å². The van der Waals surface area contributed by atoms with E-state index in [0.717, 1.165) is 12.8 Å². The van der Waals surface area contributed by atoms with Gasteiger partial charge in [-0.2, -0.15) is 0 Å². The maximum atomic E-state index is 12.9. The normalized spacial score (nSPS) is 15.2. The number of carbonyl (C=O) groups excluding carboxylic acids is 1. The highest BCUT2D eigenvalue weighted by Crippen LogP contribution is 2.15. The summed E-state index contributed by atoms with van der Waals surface area (Å²) in [7, 11) is 0. The summed E-state index contributed by atoms with van der Waals surface area (Å²) in [5.74, 6) is -0.288. The van der Waals surface area contributed by atoms with Gasteiger partial charge in [-0.25, -0.2) is 4.39 Å². The van der Waals surface area contributed by atoms with Crippen molar-refractivity contribution in [1.82, 2.24) is 0 Å². The van der Waals surface area contributed by atoms with Crippen molar-refractivity contribution in [2.75, 3.05) is 6.61 Å². The molecule has 1 aromatic carbocycles.